The van der Waals surface area contributed by atoms with Crippen LogP contribution in [0.1, 0.15) is 43.0 Å². The maximum atomic E-state index is 5.94. The Labute approximate surface area is 123 Å². The minimum absolute atomic E-state index is 0.108. The molecule has 21 heavy (non-hydrogen) atoms. The second-order valence-corrected chi connectivity index (χ2v) is 5.59. The summed E-state index contributed by atoms with van der Waals surface area (Å²) in [6.07, 6.45) is 6.79. The molecule has 112 valence electrons. The van der Waals surface area contributed by atoms with Gasteiger partial charge in [-0.25, -0.2) is 4.98 Å². The second-order valence-electron chi connectivity index (χ2n) is 5.59. The van der Waals surface area contributed by atoms with Crippen LogP contribution in [0, 0.1) is 0 Å². The minimum atomic E-state index is -0.108. The summed E-state index contributed by atoms with van der Waals surface area (Å²) < 4.78 is 10.5. The standard InChI is InChI=1S/C15H20N4O2/c1-20-13-5-4-11(9-17-13)8-12-18-14(21-19-12)15(10-16)6-2-3-7-15/h4-5,9H,2-3,6-8,10,16H2,1H3. The van der Waals surface area contributed by atoms with E-state index in [0.29, 0.717) is 30.6 Å². The van der Waals surface area contributed by atoms with Crippen LogP contribution in [0.25, 0.3) is 0 Å². The highest BCUT2D eigenvalue weighted by molar-refractivity contribution is 5.21. The fraction of sp³-hybridized carbons (Fsp3) is 0.533. The van der Waals surface area contributed by atoms with Gasteiger partial charge in [0.15, 0.2) is 5.82 Å². The summed E-state index contributed by atoms with van der Waals surface area (Å²) in [6, 6.07) is 3.78. The molecule has 6 heteroatoms. The summed E-state index contributed by atoms with van der Waals surface area (Å²) in [5, 5.41) is 4.09. The highest BCUT2D eigenvalue weighted by Gasteiger charge is 2.39. The van der Waals surface area contributed by atoms with Gasteiger partial charge in [-0.2, -0.15) is 4.98 Å². The van der Waals surface area contributed by atoms with Crippen molar-refractivity contribution in [3.63, 3.8) is 0 Å². The zero-order chi connectivity index (χ0) is 14.7. The van der Waals surface area contributed by atoms with Crippen LogP contribution in [0.4, 0.5) is 0 Å². The third-order valence-corrected chi connectivity index (χ3v) is 4.24. The van der Waals surface area contributed by atoms with Crippen LogP contribution < -0.4 is 10.5 Å². The van der Waals surface area contributed by atoms with Gasteiger partial charge >= 0.3 is 0 Å². The molecule has 0 bridgehead atoms. The van der Waals surface area contributed by atoms with E-state index in [1.807, 2.05) is 12.1 Å². The van der Waals surface area contributed by atoms with Gasteiger partial charge in [0.1, 0.15) is 0 Å². The number of nitrogens with zero attached hydrogens (tertiary/aromatic N) is 3. The lowest BCUT2D eigenvalue weighted by Crippen LogP contribution is -2.32. The number of nitrogens with two attached hydrogens (primary N) is 1. The molecule has 2 N–H and O–H groups in total. The summed E-state index contributed by atoms with van der Waals surface area (Å²) in [7, 11) is 1.60. The highest BCUT2D eigenvalue weighted by atomic mass is 16.5. The van der Waals surface area contributed by atoms with E-state index in [2.05, 4.69) is 15.1 Å². The molecule has 0 atom stereocenters. The van der Waals surface area contributed by atoms with Crippen LogP contribution >= 0.6 is 0 Å². The lowest BCUT2D eigenvalue weighted by molar-refractivity contribution is 0.283. The van der Waals surface area contributed by atoms with Crippen LogP contribution in [0.15, 0.2) is 22.9 Å². The lowest BCUT2D eigenvalue weighted by Gasteiger charge is -2.21. The van der Waals surface area contributed by atoms with Gasteiger partial charge in [0.2, 0.25) is 11.8 Å². The second kappa shape index (κ2) is 5.81. The Bertz CT molecular complexity index is 588. The Balaban J connectivity index is 1.75. The van der Waals surface area contributed by atoms with E-state index >= 15 is 0 Å². The van der Waals surface area contributed by atoms with Crippen LogP contribution in [-0.2, 0) is 11.8 Å². The third-order valence-electron chi connectivity index (χ3n) is 4.24. The summed E-state index contributed by atoms with van der Waals surface area (Å²) >= 11 is 0. The quantitative estimate of drug-likeness (QED) is 0.903. The summed E-state index contributed by atoms with van der Waals surface area (Å²) in [6.45, 7) is 0.568. The zero-order valence-corrected chi connectivity index (χ0v) is 12.2. The minimum Gasteiger partial charge on any atom is -0.481 e. The average Bonchev–Trinajstić information content (AvgIpc) is 3.17. The van der Waals surface area contributed by atoms with Crippen molar-refractivity contribution >= 4 is 0 Å². The van der Waals surface area contributed by atoms with Gasteiger partial charge in [0, 0.05) is 25.2 Å². The van der Waals surface area contributed by atoms with Crippen molar-refractivity contribution in [3.05, 3.63) is 35.6 Å². The molecule has 2 aromatic rings. The van der Waals surface area contributed by atoms with Crippen LogP contribution in [0.3, 0.4) is 0 Å². The molecule has 1 saturated carbocycles. The molecule has 1 aliphatic carbocycles. The van der Waals surface area contributed by atoms with Crippen molar-refractivity contribution in [2.24, 2.45) is 5.73 Å². The fourth-order valence-corrected chi connectivity index (χ4v) is 2.92. The van der Waals surface area contributed by atoms with Crippen LogP contribution in [0.5, 0.6) is 5.88 Å². The predicted octanol–water partition coefficient (Wildman–Crippen LogP) is 1.83. The number of hydrogen-bond acceptors (Lipinski definition) is 6. The SMILES string of the molecule is COc1ccc(Cc2noc(C3(CN)CCCC3)n2)cn1. The Morgan fingerprint density at radius 2 is 2.14 bits per heavy atom. The Hall–Kier alpha value is -1.95. The summed E-state index contributed by atoms with van der Waals surface area (Å²) in [5.41, 5.74) is 6.86. The smallest absolute Gasteiger partial charge is 0.234 e. The molecule has 1 aliphatic rings. The number of hydrogen-bond donors (Lipinski definition) is 1. The van der Waals surface area contributed by atoms with Gasteiger partial charge < -0.3 is 15.0 Å². The molecule has 2 heterocycles. The monoisotopic (exact) mass is 288 g/mol. The molecule has 3 rings (SSSR count). The molecule has 6 nitrogen and oxygen atoms in total. The number of pyridine rings is 1. The first kappa shape index (κ1) is 14.0. The first-order chi connectivity index (χ1) is 10.3. The van der Waals surface area contributed by atoms with Crippen molar-refractivity contribution in [2.75, 3.05) is 13.7 Å². The molecule has 0 amide bonds. The molecule has 0 unspecified atom stereocenters. The molecular weight excluding hydrogens is 268 g/mol. The molecule has 0 saturated heterocycles. The molecule has 0 spiro atoms. The Morgan fingerprint density at radius 1 is 1.33 bits per heavy atom. The van der Waals surface area contributed by atoms with E-state index in [4.69, 9.17) is 15.0 Å². The maximum Gasteiger partial charge on any atom is 0.234 e. The van der Waals surface area contributed by atoms with Crippen molar-refractivity contribution in [3.8, 4) is 5.88 Å². The van der Waals surface area contributed by atoms with Crippen molar-refractivity contribution < 1.29 is 9.26 Å². The first-order valence-corrected chi connectivity index (χ1v) is 7.28. The van der Waals surface area contributed by atoms with Gasteiger partial charge in [-0.05, 0) is 18.4 Å². The number of methoxy groups -OCH3 is 1. The molecular formula is C15H20N4O2. The van der Waals surface area contributed by atoms with Gasteiger partial charge in [-0.1, -0.05) is 24.1 Å². The number of ether oxygens (including phenoxy) is 1. The molecule has 0 aliphatic heterocycles. The zero-order valence-electron chi connectivity index (χ0n) is 12.2. The van der Waals surface area contributed by atoms with Gasteiger partial charge in [0.25, 0.3) is 0 Å². The van der Waals surface area contributed by atoms with Crippen molar-refractivity contribution in [2.45, 2.75) is 37.5 Å². The van der Waals surface area contributed by atoms with E-state index in [9.17, 15) is 0 Å². The van der Waals surface area contributed by atoms with Crippen LogP contribution in [0.2, 0.25) is 0 Å². The molecule has 0 aromatic carbocycles. The van der Waals surface area contributed by atoms with E-state index in [-0.39, 0.29) is 5.41 Å². The largest absolute Gasteiger partial charge is 0.481 e. The number of aromatic nitrogens is 3. The van der Waals surface area contributed by atoms with E-state index in [0.717, 1.165) is 18.4 Å². The Morgan fingerprint density at radius 3 is 2.76 bits per heavy atom. The van der Waals surface area contributed by atoms with Crippen molar-refractivity contribution in [1.29, 1.82) is 0 Å². The topological polar surface area (TPSA) is 87.1 Å². The molecule has 1 fully saturated rings. The summed E-state index contributed by atoms with van der Waals surface area (Å²) in [4.78, 5) is 8.74. The summed E-state index contributed by atoms with van der Waals surface area (Å²) in [5.74, 6) is 1.97. The predicted molar refractivity (Wildman–Crippen MR) is 77.1 cm³/mol. The van der Waals surface area contributed by atoms with Gasteiger partial charge in [-0.3, -0.25) is 0 Å². The van der Waals surface area contributed by atoms with E-state index in [1.54, 1.807) is 13.3 Å². The lowest BCUT2D eigenvalue weighted by atomic mass is 9.86. The first-order valence-electron chi connectivity index (χ1n) is 7.28. The van der Waals surface area contributed by atoms with Gasteiger partial charge in [0.05, 0.1) is 12.5 Å². The van der Waals surface area contributed by atoms with E-state index < -0.39 is 0 Å². The van der Waals surface area contributed by atoms with Gasteiger partial charge in [-0.15, -0.1) is 0 Å². The molecule has 0 radical (unpaired) electrons. The fourth-order valence-electron chi connectivity index (χ4n) is 2.92. The molecule has 2 aromatic heterocycles. The normalized spacial score (nSPS) is 17.0. The maximum absolute atomic E-state index is 5.94. The van der Waals surface area contributed by atoms with Crippen LogP contribution in [-0.4, -0.2) is 28.8 Å². The average molecular weight is 288 g/mol. The third kappa shape index (κ3) is 2.76. The van der Waals surface area contributed by atoms with Crippen molar-refractivity contribution in [1.82, 2.24) is 15.1 Å². The Kier molecular flexibility index (Phi) is 3.88. The highest BCUT2D eigenvalue weighted by Crippen LogP contribution is 2.39. The van der Waals surface area contributed by atoms with E-state index in [1.165, 1.54) is 12.8 Å². The number of rotatable bonds is 5.